The molecule has 23 heavy (non-hydrogen) atoms. The molecule has 0 aliphatic heterocycles. The molecule has 0 aliphatic rings. The molecule has 0 unspecified atom stereocenters. The molecule has 0 atom stereocenters. The highest BCUT2D eigenvalue weighted by atomic mass is 16.5. The van der Waals surface area contributed by atoms with Crippen molar-refractivity contribution in [2.75, 3.05) is 5.32 Å². The van der Waals surface area contributed by atoms with Crippen molar-refractivity contribution in [3.8, 4) is 11.6 Å². The van der Waals surface area contributed by atoms with E-state index in [1.54, 1.807) is 24.8 Å². The number of imidazole rings is 1. The minimum absolute atomic E-state index is 0.0574. The number of hydrogen-bond donors (Lipinski definition) is 1. The number of pyridine rings is 1. The van der Waals surface area contributed by atoms with Crippen LogP contribution in [0.15, 0.2) is 43.1 Å². The Morgan fingerprint density at radius 3 is 2.87 bits per heavy atom. The standard InChI is InChI=1S/C16H18N6O/c1-11(2)23-15-7-12(3)19-16(21-15)20-14-9-22(10-18-14)13-5-4-6-17-8-13/h4-11H,1-3H3,(H,19,20,21). The van der Waals surface area contributed by atoms with Crippen molar-refractivity contribution in [2.45, 2.75) is 26.9 Å². The minimum Gasteiger partial charge on any atom is -0.475 e. The van der Waals surface area contributed by atoms with E-state index in [0.717, 1.165) is 11.4 Å². The summed E-state index contributed by atoms with van der Waals surface area (Å²) in [7, 11) is 0. The van der Waals surface area contributed by atoms with Gasteiger partial charge in [-0.15, -0.1) is 0 Å². The molecule has 0 spiro atoms. The molecule has 0 bridgehead atoms. The molecule has 0 saturated heterocycles. The third-order valence-corrected chi connectivity index (χ3v) is 2.95. The van der Waals surface area contributed by atoms with Crippen LogP contribution in [0.1, 0.15) is 19.5 Å². The van der Waals surface area contributed by atoms with E-state index >= 15 is 0 Å². The van der Waals surface area contributed by atoms with Crippen LogP contribution in [-0.4, -0.2) is 30.6 Å². The molecule has 0 aromatic carbocycles. The molecule has 3 heterocycles. The van der Waals surface area contributed by atoms with Gasteiger partial charge in [-0.25, -0.2) is 9.97 Å². The lowest BCUT2D eigenvalue weighted by molar-refractivity contribution is 0.232. The van der Waals surface area contributed by atoms with Crippen molar-refractivity contribution in [2.24, 2.45) is 0 Å². The summed E-state index contributed by atoms with van der Waals surface area (Å²) in [6, 6.07) is 5.64. The molecular formula is C16H18N6O. The quantitative estimate of drug-likeness (QED) is 0.780. The average molecular weight is 310 g/mol. The summed E-state index contributed by atoms with van der Waals surface area (Å²) in [5.41, 5.74) is 1.76. The van der Waals surface area contributed by atoms with Gasteiger partial charge in [-0.2, -0.15) is 4.98 Å². The number of nitrogens with one attached hydrogen (secondary N) is 1. The van der Waals surface area contributed by atoms with E-state index < -0.39 is 0 Å². The Hall–Kier alpha value is -2.96. The van der Waals surface area contributed by atoms with E-state index in [0.29, 0.717) is 17.6 Å². The number of nitrogens with zero attached hydrogens (tertiary/aromatic N) is 5. The highest BCUT2D eigenvalue weighted by Gasteiger charge is 2.07. The van der Waals surface area contributed by atoms with Crippen LogP contribution < -0.4 is 10.1 Å². The van der Waals surface area contributed by atoms with Gasteiger partial charge in [-0.05, 0) is 32.9 Å². The number of aryl methyl sites for hydroxylation is 1. The SMILES string of the molecule is Cc1cc(OC(C)C)nc(Nc2cn(-c3cccnc3)cn2)n1. The predicted octanol–water partition coefficient (Wildman–Crippen LogP) is 2.90. The zero-order valence-corrected chi connectivity index (χ0v) is 13.3. The Bertz CT molecular complexity index is 784. The number of anilines is 2. The van der Waals surface area contributed by atoms with Crippen LogP contribution in [0.3, 0.4) is 0 Å². The molecule has 3 rings (SSSR count). The molecule has 3 aromatic rings. The van der Waals surface area contributed by atoms with Crippen molar-refractivity contribution in [1.29, 1.82) is 0 Å². The first-order chi connectivity index (χ1) is 11.1. The lowest BCUT2D eigenvalue weighted by atomic mass is 10.4. The van der Waals surface area contributed by atoms with Crippen LogP contribution in [-0.2, 0) is 0 Å². The molecular weight excluding hydrogens is 292 g/mol. The Morgan fingerprint density at radius 2 is 2.13 bits per heavy atom. The second-order valence-corrected chi connectivity index (χ2v) is 5.34. The zero-order valence-electron chi connectivity index (χ0n) is 13.3. The van der Waals surface area contributed by atoms with Gasteiger partial charge in [-0.1, -0.05) is 0 Å². The van der Waals surface area contributed by atoms with Crippen LogP contribution in [0, 0.1) is 6.92 Å². The van der Waals surface area contributed by atoms with Crippen molar-refractivity contribution in [3.63, 3.8) is 0 Å². The van der Waals surface area contributed by atoms with E-state index in [-0.39, 0.29) is 6.10 Å². The molecule has 0 fully saturated rings. The van der Waals surface area contributed by atoms with Gasteiger partial charge < -0.3 is 14.6 Å². The molecule has 0 amide bonds. The third kappa shape index (κ3) is 3.82. The first-order valence-corrected chi connectivity index (χ1v) is 7.34. The van der Waals surface area contributed by atoms with Crippen LogP contribution in [0.5, 0.6) is 5.88 Å². The van der Waals surface area contributed by atoms with Gasteiger partial charge in [0.25, 0.3) is 0 Å². The monoisotopic (exact) mass is 310 g/mol. The summed E-state index contributed by atoms with van der Waals surface area (Å²) in [6.45, 7) is 5.81. The van der Waals surface area contributed by atoms with Gasteiger partial charge in [-0.3, -0.25) is 4.98 Å². The molecule has 7 nitrogen and oxygen atoms in total. The van der Waals surface area contributed by atoms with Crippen LogP contribution in [0.4, 0.5) is 11.8 Å². The molecule has 0 saturated carbocycles. The van der Waals surface area contributed by atoms with E-state index in [1.807, 2.05) is 43.7 Å². The Kier molecular flexibility index (Phi) is 4.18. The second-order valence-electron chi connectivity index (χ2n) is 5.34. The maximum Gasteiger partial charge on any atom is 0.231 e. The van der Waals surface area contributed by atoms with Crippen molar-refractivity contribution >= 4 is 11.8 Å². The molecule has 7 heteroatoms. The summed E-state index contributed by atoms with van der Waals surface area (Å²) < 4.78 is 7.49. The fourth-order valence-electron chi connectivity index (χ4n) is 2.05. The number of ether oxygens (including phenoxy) is 1. The maximum absolute atomic E-state index is 5.62. The van der Waals surface area contributed by atoms with Gasteiger partial charge in [0, 0.05) is 18.0 Å². The topological polar surface area (TPSA) is 77.8 Å². The lowest BCUT2D eigenvalue weighted by Crippen LogP contribution is -2.09. The van der Waals surface area contributed by atoms with Gasteiger partial charge in [0.15, 0.2) is 5.82 Å². The van der Waals surface area contributed by atoms with E-state index in [1.165, 1.54) is 0 Å². The molecule has 0 aliphatic carbocycles. The average Bonchev–Trinajstić information content (AvgIpc) is 2.95. The molecule has 3 aromatic heterocycles. The van der Waals surface area contributed by atoms with Gasteiger partial charge in [0.05, 0.1) is 24.2 Å². The Balaban J connectivity index is 1.80. The van der Waals surface area contributed by atoms with Crippen LogP contribution in [0.2, 0.25) is 0 Å². The first kappa shape index (κ1) is 15.0. The first-order valence-electron chi connectivity index (χ1n) is 7.34. The normalized spacial score (nSPS) is 10.8. The summed E-state index contributed by atoms with van der Waals surface area (Å²) in [5, 5.41) is 3.09. The minimum atomic E-state index is 0.0574. The number of aromatic nitrogens is 5. The van der Waals surface area contributed by atoms with E-state index in [2.05, 4.69) is 25.3 Å². The van der Waals surface area contributed by atoms with Crippen molar-refractivity contribution in [3.05, 3.63) is 48.8 Å². The predicted molar refractivity (Wildman–Crippen MR) is 87.2 cm³/mol. The zero-order chi connectivity index (χ0) is 16.2. The maximum atomic E-state index is 5.62. The summed E-state index contributed by atoms with van der Waals surface area (Å²) >= 11 is 0. The Morgan fingerprint density at radius 1 is 1.26 bits per heavy atom. The van der Waals surface area contributed by atoms with Gasteiger partial charge >= 0.3 is 0 Å². The van der Waals surface area contributed by atoms with Crippen LogP contribution >= 0.6 is 0 Å². The van der Waals surface area contributed by atoms with Gasteiger partial charge in [0.1, 0.15) is 6.33 Å². The second kappa shape index (κ2) is 6.43. The fraction of sp³-hybridized carbons (Fsp3) is 0.250. The summed E-state index contributed by atoms with van der Waals surface area (Å²) in [5.74, 6) is 1.65. The smallest absolute Gasteiger partial charge is 0.231 e. The third-order valence-electron chi connectivity index (χ3n) is 2.95. The fourth-order valence-corrected chi connectivity index (χ4v) is 2.05. The number of hydrogen-bond acceptors (Lipinski definition) is 6. The largest absolute Gasteiger partial charge is 0.475 e. The van der Waals surface area contributed by atoms with Crippen molar-refractivity contribution in [1.82, 2.24) is 24.5 Å². The highest BCUT2D eigenvalue weighted by Crippen LogP contribution is 2.17. The Labute approximate surface area is 134 Å². The van der Waals surface area contributed by atoms with E-state index in [4.69, 9.17) is 4.74 Å². The highest BCUT2D eigenvalue weighted by molar-refractivity contribution is 5.48. The lowest BCUT2D eigenvalue weighted by Gasteiger charge is -2.10. The molecule has 118 valence electrons. The summed E-state index contributed by atoms with van der Waals surface area (Å²) in [4.78, 5) is 17.1. The number of rotatable bonds is 5. The van der Waals surface area contributed by atoms with E-state index in [9.17, 15) is 0 Å². The molecule has 0 radical (unpaired) electrons. The van der Waals surface area contributed by atoms with Crippen LogP contribution in [0.25, 0.3) is 5.69 Å². The summed E-state index contributed by atoms with van der Waals surface area (Å²) in [6.07, 6.45) is 7.12. The van der Waals surface area contributed by atoms with Gasteiger partial charge in [0.2, 0.25) is 11.8 Å². The molecule has 1 N–H and O–H groups in total. The van der Waals surface area contributed by atoms with Crippen molar-refractivity contribution < 1.29 is 4.74 Å².